The summed E-state index contributed by atoms with van der Waals surface area (Å²) in [4.78, 5) is 13.8. The molecule has 0 bridgehead atoms. The largest absolute Gasteiger partial charge is 0.328 e. The van der Waals surface area contributed by atoms with Crippen LogP contribution in [0.15, 0.2) is 23.1 Å². The van der Waals surface area contributed by atoms with Gasteiger partial charge < -0.3 is 4.90 Å². The average Bonchev–Trinajstić information content (AvgIpc) is 2.37. The molecule has 2 N–H and O–H groups in total. The highest BCUT2D eigenvalue weighted by molar-refractivity contribution is 7.89. The van der Waals surface area contributed by atoms with E-state index in [2.05, 4.69) is 5.92 Å². The van der Waals surface area contributed by atoms with Crippen molar-refractivity contribution in [2.24, 2.45) is 5.14 Å². The SMILES string of the molecule is C#CCN(CCC)C(=O)c1cc(S(N)(=O)=O)ccc1C. The molecule has 1 rings (SSSR count). The van der Waals surface area contributed by atoms with E-state index in [0.29, 0.717) is 17.7 Å². The van der Waals surface area contributed by atoms with Crippen molar-refractivity contribution in [1.29, 1.82) is 0 Å². The van der Waals surface area contributed by atoms with Crippen molar-refractivity contribution in [3.05, 3.63) is 29.3 Å². The van der Waals surface area contributed by atoms with Gasteiger partial charge in [0.25, 0.3) is 5.91 Å². The van der Waals surface area contributed by atoms with E-state index in [1.54, 1.807) is 13.0 Å². The number of benzene rings is 1. The standard InChI is InChI=1S/C14H18N2O3S/c1-4-8-16(9-5-2)14(17)13-10-12(20(15,18)19)7-6-11(13)3/h1,6-7,10H,5,8-9H2,2-3H3,(H2,15,18,19). The predicted molar refractivity (Wildman–Crippen MR) is 77.6 cm³/mol. The van der Waals surface area contributed by atoms with Crippen LogP contribution < -0.4 is 5.14 Å². The molecular weight excluding hydrogens is 276 g/mol. The van der Waals surface area contributed by atoms with Crippen molar-refractivity contribution in [2.75, 3.05) is 13.1 Å². The van der Waals surface area contributed by atoms with E-state index in [-0.39, 0.29) is 17.3 Å². The first-order valence-electron chi connectivity index (χ1n) is 6.17. The second kappa shape index (κ2) is 6.55. The first-order chi connectivity index (χ1) is 9.31. The summed E-state index contributed by atoms with van der Waals surface area (Å²) in [7, 11) is -3.84. The third kappa shape index (κ3) is 3.83. The second-order valence-corrected chi connectivity index (χ2v) is 6.01. The van der Waals surface area contributed by atoms with Crippen LogP contribution in [0.3, 0.4) is 0 Å². The van der Waals surface area contributed by atoms with E-state index >= 15 is 0 Å². The molecule has 108 valence electrons. The molecule has 0 atom stereocenters. The van der Waals surface area contributed by atoms with E-state index < -0.39 is 10.0 Å². The van der Waals surface area contributed by atoms with E-state index in [1.807, 2.05) is 6.92 Å². The van der Waals surface area contributed by atoms with Crippen molar-refractivity contribution in [3.63, 3.8) is 0 Å². The lowest BCUT2D eigenvalue weighted by Gasteiger charge is -2.20. The van der Waals surface area contributed by atoms with Crippen LogP contribution in [0.25, 0.3) is 0 Å². The van der Waals surface area contributed by atoms with Gasteiger partial charge in [0, 0.05) is 12.1 Å². The summed E-state index contributed by atoms with van der Waals surface area (Å²) in [6.45, 7) is 4.37. The van der Waals surface area contributed by atoms with Crippen LogP contribution in [0, 0.1) is 19.3 Å². The van der Waals surface area contributed by atoms with Crippen LogP contribution in [0.4, 0.5) is 0 Å². The molecule has 0 aliphatic rings. The number of carbonyl (C=O) groups excluding carboxylic acids is 1. The second-order valence-electron chi connectivity index (χ2n) is 4.45. The van der Waals surface area contributed by atoms with Crippen LogP contribution >= 0.6 is 0 Å². The summed E-state index contributed by atoms with van der Waals surface area (Å²) >= 11 is 0. The lowest BCUT2D eigenvalue weighted by atomic mass is 10.1. The summed E-state index contributed by atoms with van der Waals surface area (Å²) in [6, 6.07) is 4.24. The summed E-state index contributed by atoms with van der Waals surface area (Å²) in [5.74, 6) is 2.15. The van der Waals surface area contributed by atoms with Crippen molar-refractivity contribution in [2.45, 2.75) is 25.2 Å². The van der Waals surface area contributed by atoms with Gasteiger partial charge in [0.05, 0.1) is 11.4 Å². The lowest BCUT2D eigenvalue weighted by molar-refractivity contribution is 0.0776. The Hall–Kier alpha value is -1.84. The quantitative estimate of drug-likeness (QED) is 0.827. The molecule has 6 heteroatoms. The van der Waals surface area contributed by atoms with Gasteiger partial charge in [-0.3, -0.25) is 4.79 Å². The number of primary sulfonamides is 1. The fourth-order valence-corrected chi connectivity index (χ4v) is 2.35. The fourth-order valence-electron chi connectivity index (χ4n) is 1.81. The third-order valence-electron chi connectivity index (χ3n) is 2.83. The number of hydrogen-bond donors (Lipinski definition) is 1. The van der Waals surface area contributed by atoms with Crippen molar-refractivity contribution in [3.8, 4) is 12.3 Å². The summed E-state index contributed by atoms with van der Waals surface area (Å²) in [5, 5.41) is 5.08. The van der Waals surface area contributed by atoms with Crippen molar-refractivity contribution < 1.29 is 13.2 Å². The summed E-state index contributed by atoms with van der Waals surface area (Å²) < 4.78 is 22.7. The molecule has 1 amide bonds. The minimum absolute atomic E-state index is 0.0800. The number of amides is 1. The van der Waals surface area contributed by atoms with Gasteiger partial charge in [0.1, 0.15) is 0 Å². The van der Waals surface area contributed by atoms with Crippen molar-refractivity contribution in [1.82, 2.24) is 4.90 Å². The zero-order chi connectivity index (χ0) is 15.3. The van der Waals surface area contributed by atoms with E-state index in [1.165, 1.54) is 17.0 Å². The normalized spacial score (nSPS) is 10.9. The van der Waals surface area contributed by atoms with Gasteiger partial charge in [-0.1, -0.05) is 18.9 Å². The number of aryl methyl sites for hydroxylation is 1. The predicted octanol–water partition coefficient (Wildman–Crippen LogP) is 1.13. The monoisotopic (exact) mass is 294 g/mol. The molecule has 20 heavy (non-hydrogen) atoms. The molecule has 0 heterocycles. The Morgan fingerprint density at radius 1 is 1.45 bits per heavy atom. The molecule has 0 saturated carbocycles. The Labute approximate surface area is 119 Å². The minimum atomic E-state index is -3.84. The Balaban J connectivity index is 3.24. The zero-order valence-electron chi connectivity index (χ0n) is 11.6. The van der Waals surface area contributed by atoms with Gasteiger partial charge in [-0.2, -0.15) is 0 Å². The Kier molecular flexibility index (Phi) is 5.31. The molecule has 0 aliphatic heterocycles. The number of rotatable bonds is 5. The van der Waals surface area contributed by atoms with Crippen molar-refractivity contribution >= 4 is 15.9 Å². The van der Waals surface area contributed by atoms with Gasteiger partial charge in [0.15, 0.2) is 0 Å². The highest BCUT2D eigenvalue weighted by Gasteiger charge is 2.19. The van der Waals surface area contributed by atoms with E-state index in [0.717, 1.165) is 6.42 Å². The Morgan fingerprint density at radius 2 is 2.10 bits per heavy atom. The van der Waals surface area contributed by atoms with Crippen LogP contribution in [-0.2, 0) is 10.0 Å². The van der Waals surface area contributed by atoms with E-state index in [4.69, 9.17) is 11.6 Å². The molecule has 0 aliphatic carbocycles. The first-order valence-corrected chi connectivity index (χ1v) is 7.72. The number of hydrogen-bond acceptors (Lipinski definition) is 3. The minimum Gasteiger partial charge on any atom is -0.328 e. The number of nitrogens with zero attached hydrogens (tertiary/aromatic N) is 1. The molecule has 0 unspecified atom stereocenters. The molecule has 0 fully saturated rings. The Bertz CT molecular complexity index is 645. The maximum absolute atomic E-state index is 12.4. The Morgan fingerprint density at radius 3 is 2.60 bits per heavy atom. The molecule has 0 spiro atoms. The molecule has 1 aromatic rings. The molecular formula is C14H18N2O3S. The van der Waals surface area contributed by atoms with Gasteiger partial charge in [0.2, 0.25) is 10.0 Å². The molecule has 0 radical (unpaired) electrons. The lowest BCUT2D eigenvalue weighted by Crippen LogP contribution is -2.32. The van der Waals surface area contributed by atoms with Gasteiger partial charge in [-0.15, -0.1) is 6.42 Å². The van der Waals surface area contributed by atoms with Crippen LogP contribution in [0.2, 0.25) is 0 Å². The molecule has 5 nitrogen and oxygen atoms in total. The zero-order valence-corrected chi connectivity index (χ0v) is 12.4. The number of terminal acetylenes is 1. The van der Waals surface area contributed by atoms with Gasteiger partial charge >= 0.3 is 0 Å². The molecule has 0 saturated heterocycles. The van der Waals surface area contributed by atoms with Crippen LogP contribution in [0.1, 0.15) is 29.3 Å². The average molecular weight is 294 g/mol. The van der Waals surface area contributed by atoms with E-state index in [9.17, 15) is 13.2 Å². The number of sulfonamides is 1. The van der Waals surface area contributed by atoms with Gasteiger partial charge in [-0.05, 0) is 31.0 Å². The highest BCUT2D eigenvalue weighted by atomic mass is 32.2. The topological polar surface area (TPSA) is 80.5 Å². The highest BCUT2D eigenvalue weighted by Crippen LogP contribution is 2.16. The fraction of sp³-hybridized carbons (Fsp3) is 0.357. The smallest absolute Gasteiger partial charge is 0.254 e. The maximum Gasteiger partial charge on any atom is 0.254 e. The number of carbonyl (C=O) groups is 1. The summed E-state index contributed by atoms with van der Waals surface area (Å²) in [5.41, 5.74) is 0.987. The third-order valence-corrected chi connectivity index (χ3v) is 3.74. The number of nitrogens with two attached hydrogens (primary N) is 1. The summed E-state index contributed by atoms with van der Waals surface area (Å²) in [6.07, 6.45) is 6.02. The molecule has 0 aromatic heterocycles. The first kappa shape index (κ1) is 16.2. The molecule has 1 aromatic carbocycles. The van der Waals surface area contributed by atoms with Crippen LogP contribution in [0.5, 0.6) is 0 Å². The van der Waals surface area contributed by atoms with Gasteiger partial charge in [-0.25, -0.2) is 13.6 Å². The maximum atomic E-state index is 12.4. The van der Waals surface area contributed by atoms with Crippen LogP contribution in [-0.4, -0.2) is 32.3 Å².